The van der Waals surface area contributed by atoms with Crippen molar-refractivity contribution in [2.24, 2.45) is 5.14 Å². The standard InChI is InChI=1S/C10H10ClN5O4S/c1-2-15-9(13-14-10(15)21(12,19)20)8-6(11)4-3-5-7(8)16(17)18/h3-5H,2H2,1H3,(H2,12,19,20). The molecular formula is C10H10ClN5O4S. The minimum atomic E-state index is -4.10. The summed E-state index contributed by atoms with van der Waals surface area (Å²) in [5, 5.41) is 22.9. The Kier molecular flexibility index (Phi) is 3.94. The highest BCUT2D eigenvalue weighted by Crippen LogP contribution is 2.35. The summed E-state index contributed by atoms with van der Waals surface area (Å²) in [6, 6.07) is 4.10. The molecule has 1 heterocycles. The van der Waals surface area contributed by atoms with Gasteiger partial charge in [0.25, 0.3) is 20.9 Å². The van der Waals surface area contributed by atoms with Gasteiger partial charge in [0.15, 0.2) is 5.82 Å². The van der Waals surface area contributed by atoms with Crippen LogP contribution in [0, 0.1) is 10.1 Å². The summed E-state index contributed by atoms with van der Waals surface area (Å²) >= 11 is 5.99. The molecule has 1 aromatic heterocycles. The molecule has 0 saturated carbocycles. The fourth-order valence-corrected chi connectivity index (χ4v) is 2.79. The van der Waals surface area contributed by atoms with E-state index in [-0.39, 0.29) is 28.6 Å². The first kappa shape index (κ1) is 15.4. The van der Waals surface area contributed by atoms with Crippen molar-refractivity contribution in [3.63, 3.8) is 0 Å². The summed E-state index contributed by atoms with van der Waals surface area (Å²) in [5.74, 6) is -0.0289. The maximum atomic E-state index is 11.4. The summed E-state index contributed by atoms with van der Waals surface area (Å²) in [5.41, 5.74) is -0.306. The minimum Gasteiger partial charge on any atom is -0.297 e. The molecule has 0 radical (unpaired) electrons. The average Bonchev–Trinajstić information content (AvgIpc) is 2.81. The van der Waals surface area contributed by atoms with Gasteiger partial charge in [-0.3, -0.25) is 14.7 Å². The van der Waals surface area contributed by atoms with Crippen LogP contribution >= 0.6 is 11.6 Å². The number of aromatic nitrogens is 3. The molecule has 0 unspecified atom stereocenters. The monoisotopic (exact) mass is 331 g/mol. The second kappa shape index (κ2) is 5.39. The zero-order chi connectivity index (χ0) is 15.8. The highest BCUT2D eigenvalue weighted by Gasteiger charge is 2.27. The molecule has 2 rings (SSSR count). The van der Waals surface area contributed by atoms with Crippen LogP contribution < -0.4 is 5.14 Å². The number of sulfonamides is 1. The summed E-state index contributed by atoms with van der Waals surface area (Å²) < 4.78 is 24.1. The molecule has 0 saturated heterocycles. The molecule has 21 heavy (non-hydrogen) atoms. The van der Waals surface area contributed by atoms with Crippen LogP contribution in [0.15, 0.2) is 23.4 Å². The lowest BCUT2D eigenvalue weighted by Crippen LogP contribution is -2.18. The lowest BCUT2D eigenvalue weighted by atomic mass is 10.1. The SMILES string of the molecule is CCn1c(-c2c(Cl)cccc2[N+](=O)[O-])nnc1S(N)(=O)=O. The van der Waals surface area contributed by atoms with Gasteiger partial charge >= 0.3 is 0 Å². The number of rotatable bonds is 4. The molecule has 0 atom stereocenters. The molecular weight excluding hydrogens is 322 g/mol. The van der Waals surface area contributed by atoms with Gasteiger partial charge in [-0.1, -0.05) is 17.7 Å². The first-order valence-corrected chi connectivity index (χ1v) is 7.59. The van der Waals surface area contributed by atoms with Crippen LogP contribution in [0.4, 0.5) is 5.69 Å². The molecule has 0 aliphatic rings. The van der Waals surface area contributed by atoms with Crippen molar-refractivity contribution in [1.29, 1.82) is 0 Å². The van der Waals surface area contributed by atoms with E-state index < -0.39 is 20.1 Å². The quantitative estimate of drug-likeness (QED) is 0.660. The van der Waals surface area contributed by atoms with Gasteiger partial charge in [-0.25, -0.2) is 13.6 Å². The summed E-state index contributed by atoms with van der Waals surface area (Å²) in [7, 11) is -4.10. The predicted molar refractivity (Wildman–Crippen MR) is 74.2 cm³/mol. The fraction of sp³-hybridized carbons (Fsp3) is 0.200. The van der Waals surface area contributed by atoms with Crippen molar-refractivity contribution in [3.05, 3.63) is 33.3 Å². The lowest BCUT2D eigenvalue weighted by Gasteiger charge is -2.08. The summed E-state index contributed by atoms with van der Waals surface area (Å²) in [6.07, 6.45) is 0. The van der Waals surface area contributed by atoms with Gasteiger partial charge in [-0.2, -0.15) is 0 Å². The fourth-order valence-electron chi connectivity index (χ4n) is 1.86. The van der Waals surface area contributed by atoms with Gasteiger partial charge < -0.3 is 0 Å². The van der Waals surface area contributed by atoms with Crippen LogP contribution in [0.25, 0.3) is 11.4 Å². The molecule has 0 amide bonds. The Hall–Kier alpha value is -2.04. The highest BCUT2D eigenvalue weighted by atomic mass is 35.5. The predicted octanol–water partition coefficient (Wildman–Crippen LogP) is 1.17. The van der Waals surface area contributed by atoms with Crippen LogP contribution in [0.3, 0.4) is 0 Å². The van der Waals surface area contributed by atoms with Gasteiger partial charge in [-0.05, 0) is 13.0 Å². The number of nitro benzene ring substituents is 1. The third-order valence-electron chi connectivity index (χ3n) is 2.70. The van der Waals surface area contributed by atoms with Crippen molar-refractivity contribution in [3.8, 4) is 11.4 Å². The van der Waals surface area contributed by atoms with Crippen molar-refractivity contribution in [2.75, 3.05) is 0 Å². The molecule has 9 nitrogen and oxygen atoms in total. The number of nitrogens with two attached hydrogens (primary N) is 1. The number of hydrogen-bond acceptors (Lipinski definition) is 6. The first-order valence-electron chi connectivity index (χ1n) is 5.66. The number of primary sulfonamides is 1. The van der Waals surface area contributed by atoms with E-state index in [4.69, 9.17) is 16.7 Å². The average molecular weight is 332 g/mol. The second-order valence-electron chi connectivity index (χ2n) is 3.99. The molecule has 0 aliphatic carbocycles. The van der Waals surface area contributed by atoms with E-state index in [9.17, 15) is 18.5 Å². The molecule has 0 fully saturated rings. The van der Waals surface area contributed by atoms with Gasteiger partial charge in [0.05, 0.1) is 9.95 Å². The minimum absolute atomic E-state index is 0.00610. The van der Waals surface area contributed by atoms with Crippen LogP contribution in [0.1, 0.15) is 6.92 Å². The van der Waals surface area contributed by atoms with E-state index in [0.717, 1.165) is 4.57 Å². The molecule has 11 heteroatoms. The van der Waals surface area contributed by atoms with Gasteiger partial charge in [-0.15, -0.1) is 10.2 Å². The third kappa shape index (κ3) is 2.73. The topological polar surface area (TPSA) is 134 Å². The largest absolute Gasteiger partial charge is 0.297 e. The normalized spacial score (nSPS) is 11.6. The molecule has 2 aromatic rings. The Morgan fingerprint density at radius 2 is 2.10 bits per heavy atom. The van der Waals surface area contributed by atoms with Crippen molar-refractivity contribution >= 4 is 27.3 Å². The number of nitrogens with zero attached hydrogens (tertiary/aromatic N) is 4. The zero-order valence-corrected chi connectivity index (χ0v) is 12.3. The van der Waals surface area contributed by atoms with Crippen LogP contribution in [0.2, 0.25) is 5.02 Å². The molecule has 0 spiro atoms. The Morgan fingerprint density at radius 1 is 1.43 bits per heavy atom. The first-order chi connectivity index (χ1) is 9.77. The molecule has 0 aliphatic heterocycles. The van der Waals surface area contributed by atoms with E-state index in [1.807, 2.05) is 0 Å². The van der Waals surface area contributed by atoms with Crippen molar-refractivity contribution < 1.29 is 13.3 Å². The number of hydrogen-bond donors (Lipinski definition) is 1. The van der Waals surface area contributed by atoms with E-state index >= 15 is 0 Å². The Morgan fingerprint density at radius 3 is 2.62 bits per heavy atom. The second-order valence-corrected chi connectivity index (χ2v) is 5.85. The van der Waals surface area contributed by atoms with E-state index in [1.165, 1.54) is 18.2 Å². The van der Waals surface area contributed by atoms with E-state index in [0.29, 0.717) is 0 Å². The summed E-state index contributed by atoms with van der Waals surface area (Å²) in [4.78, 5) is 10.5. The lowest BCUT2D eigenvalue weighted by molar-refractivity contribution is -0.384. The zero-order valence-electron chi connectivity index (χ0n) is 10.7. The summed E-state index contributed by atoms with van der Waals surface area (Å²) in [6.45, 7) is 1.78. The molecule has 2 N–H and O–H groups in total. The van der Waals surface area contributed by atoms with E-state index in [2.05, 4.69) is 10.2 Å². The van der Waals surface area contributed by atoms with Gasteiger partial charge in [0, 0.05) is 12.6 Å². The van der Waals surface area contributed by atoms with Crippen LogP contribution in [-0.2, 0) is 16.6 Å². The van der Waals surface area contributed by atoms with Gasteiger partial charge in [0.2, 0.25) is 0 Å². The van der Waals surface area contributed by atoms with Crippen molar-refractivity contribution in [2.45, 2.75) is 18.6 Å². The molecule has 1 aromatic carbocycles. The maximum Gasteiger partial charge on any atom is 0.281 e. The van der Waals surface area contributed by atoms with Crippen LogP contribution in [-0.4, -0.2) is 28.1 Å². The third-order valence-corrected chi connectivity index (χ3v) is 3.83. The number of halogens is 1. The van der Waals surface area contributed by atoms with Crippen molar-refractivity contribution in [1.82, 2.24) is 14.8 Å². The maximum absolute atomic E-state index is 11.4. The molecule has 0 bridgehead atoms. The number of nitro groups is 1. The smallest absolute Gasteiger partial charge is 0.281 e. The van der Waals surface area contributed by atoms with Gasteiger partial charge in [0.1, 0.15) is 5.56 Å². The Balaban J connectivity index is 2.81. The Bertz CT molecular complexity index is 817. The van der Waals surface area contributed by atoms with E-state index in [1.54, 1.807) is 6.92 Å². The molecule has 112 valence electrons. The number of benzene rings is 1. The highest BCUT2D eigenvalue weighted by molar-refractivity contribution is 7.89. The van der Waals surface area contributed by atoms with Crippen LogP contribution in [0.5, 0.6) is 0 Å². The Labute approximate surface area is 124 Å².